The Hall–Kier alpha value is -3.30. The van der Waals surface area contributed by atoms with Gasteiger partial charge < -0.3 is 19.1 Å². The molecule has 3 aromatic rings. The third kappa shape index (κ3) is 9.41. The van der Waals surface area contributed by atoms with Crippen molar-refractivity contribution in [3.63, 3.8) is 0 Å². The first-order valence-corrected chi connectivity index (χ1v) is 19.6. The minimum Gasteiger partial charge on any atom is -0.424 e. The number of terminal acetylenes is 1. The maximum Gasteiger partial charge on any atom is 0.297 e. The molecule has 3 atom stereocenters. The molecule has 0 saturated heterocycles. The molecule has 0 radical (unpaired) electrons. The smallest absolute Gasteiger partial charge is 0.297 e. The fraction of sp³-hybridized carbons (Fsp3) is 0.432. The van der Waals surface area contributed by atoms with Crippen LogP contribution in [0.25, 0.3) is 0 Å². The van der Waals surface area contributed by atoms with Crippen LogP contribution >= 0.6 is 0 Å². The Morgan fingerprint density at radius 2 is 1.64 bits per heavy atom. The first kappa shape index (κ1) is 36.5. The van der Waals surface area contributed by atoms with Crippen molar-refractivity contribution >= 4 is 34.5 Å². The predicted molar refractivity (Wildman–Crippen MR) is 188 cm³/mol. The third-order valence-electron chi connectivity index (χ3n) is 8.71. The van der Waals surface area contributed by atoms with E-state index in [1.807, 2.05) is 67.6 Å². The number of oxime groups is 1. The van der Waals surface area contributed by atoms with Crippen molar-refractivity contribution < 1.29 is 31.7 Å². The van der Waals surface area contributed by atoms with Crippen LogP contribution in [-0.4, -0.2) is 65.4 Å². The van der Waals surface area contributed by atoms with E-state index in [0.717, 1.165) is 28.8 Å². The van der Waals surface area contributed by atoms with Crippen LogP contribution in [0.4, 0.5) is 0 Å². The van der Waals surface area contributed by atoms with Gasteiger partial charge in [0.15, 0.2) is 6.10 Å². The molecular weight excluding hydrogens is 631 g/mol. The molecule has 0 aliphatic carbocycles. The standard InChI is InChI=1S/C37H47NO7SSi/c1-6-8-25-42-27-31(45-46(39,40)32-21-19-29(3)20-22-32)28-43-35(36-26-30(7-2)38-44-36)23-24-37(4,5)47(41,33-15-11-9-12-16-33)34-17-13-10-14-18-34/h2,9-22,31,35-36,41H,6,8,23-28H2,1,3-5H3/t31-,35+,36-/m0/s1. The number of unbranched alkanes of at least 4 members (excludes halogenated alkanes) is 1. The van der Waals surface area contributed by atoms with Crippen LogP contribution in [0.5, 0.6) is 0 Å². The zero-order chi connectivity index (χ0) is 33.9. The van der Waals surface area contributed by atoms with Crippen LogP contribution in [0.1, 0.15) is 58.4 Å². The van der Waals surface area contributed by atoms with Crippen molar-refractivity contribution in [3.05, 3.63) is 90.5 Å². The highest BCUT2D eigenvalue weighted by atomic mass is 32.2. The summed E-state index contributed by atoms with van der Waals surface area (Å²) in [7, 11) is -7.36. The molecule has 0 bridgehead atoms. The van der Waals surface area contributed by atoms with Gasteiger partial charge in [0.1, 0.15) is 11.8 Å². The maximum atomic E-state index is 13.2. The topological polar surface area (TPSA) is 104 Å². The fourth-order valence-electron chi connectivity index (χ4n) is 5.78. The molecule has 1 N–H and O–H groups in total. The van der Waals surface area contributed by atoms with Crippen LogP contribution in [0.2, 0.25) is 5.04 Å². The normalized spacial score (nSPS) is 16.6. The Kier molecular flexibility index (Phi) is 13.0. The summed E-state index contributed by atoms with van der Waals surface area (Å²) in [6.07, 6.45) is 6.98. The molecule has 4 rings (SSSR count). The van der Waals surface area contributed by atoms with Crippen LogP contribution in [0.15, 0.2) is 95.0 Å². The minimum atomic E-state index is -4.08. The summed E-state index contributed by atoms with van der Waals surface area (Å²) in [5.41, 5.74) is 1.43. The highest BCUT2D eigenvalue weighted by Gasteiger charge is 2.50. The van der Waals surface area contributed by atoms with Crippen molar-refractivity contribution in [2.75, 3.05) is 19.8 Å². The highest BCUT2D eigenvalue weighted by Crippen LogP contribution is 2.41. The van der Waals surface area contributed by atoms with E-state index < -0.39 is 41.8 Å². The van der Waals surface area contributed by atoms with Crippen molar-refractivity contribution in [2.24, 2.45) is 5.16 Å². The summed E-state index contributed by atoms with van der Waals surface area (Å²) < 4.78 is 44.4. The van der Waals surface area contributed by atoms with Gasteiger partial charge in [-0.2, -0.15) is 8.42 Å². The van der Waals surface area contributed by atoms with Crippen LogP contribution in [0, 0.1) is 19.3 Å². The van der Waals surface area contributed by atoms with Gasteiger partial charge in [0.25, 0.3) is 18.4 Å². The van der Waals surface area contributed by atoms with Gasteiger partial charge in [0, 0.05) is 13.0 Å². The molecule has 3 aromatic carbocycles. The van der Waals surface area contributed by atoms with Gasteiger partial charge in [0.05, 0.1) is 24.2 Å². The fourth-order valence-corrected chi connectivity index (χ4v) is 10.6. The molecule has 0 unspecified atom stereocenters. The number of ether oxygens (including phenoxy) is 2. The van der Waals surface area contributed by atoms with E-state index in [4.69, 9.17) is 24.9 Å². The second-order valence-corrected chi connectivity index (χ2v) is 18.2. The van der Waals surface area contributed by atoms with Gasteiger partial charge in [-0.1, -0.05) is 117 Å². The summed E-state index contributed by atoms with van der Waals surface area (Å²) >= 11 is 0. The Bertz CT molecular complexity index is 1550. The first-order valence-electron chi connectivity index (χ1n) is 16.2. The number of benzene rings is 3. The van der Waals surface area contributed by atoms with E-state index in [1.54, 1.807) is 12.1 Å². The lowest BCUT2D eigenvalue weighted by molar-refractivity contribution is -0.0909. The van der Waals surface area contributed by atoms with Crippen molar-refractivity contribution in [2.45, 2.75) is 88.0 Å². The molecule has 0 saturated carbocycles. The lowest BCUT2D eigenvalue weighted by atomic mass is 9.98. The van der Waals surface area contributed by atoms with Gasteiger partial charge in [-0.05, 0) is 53.7 Å². The third-order valence-corrected chi connectivity index (χ3v) is 14.6. The van der Waals surface area contributed by atoms with E-state index in [0.29, 0.717) is 31.6 Å². The van der Waals surface area contributed by atoms with E-state index in [-0.39, 0.29) is 18.1 Å². The second kappa shape index (κ2) is 16.7. The molecule has 0 spiro atoms. The zero-order valence-electron chi connectivity index (χ0n) is 27.8. The lowest BCUT2D eigenvalue weighted by Gasteiger charge is -2.42. The van der Waals surface area contributed by atoms with Gasteiger partial charge in [0.2, 0.25) is 0 Å². The van der Waals surface area contributed by atoms with Gasteiger partial charge in [-0.3, -0.25) is 4.18 Å². The number of hydrogen-bond acceptors (Lipinski definition) is 8. The van der Waals surface area contributed by atoms with Crippen molar-refractivity contribution in [1.82, 2.24) is 0 Å². The van der Waals surface area contributed by atoms with Gasteiger partial charge in [-0.15, -0.1) is 6.42 Å². The average molecular weight is 678 g/mol. The Labute approximate surface area is 281 Å². The summed E-state index contributed by atoms with van der Waals surface area (Å²) in [5.74, 6) is 2.56. The molecule has 1 aliphatic rings. The molecule has 1 heterocycles. The van der Waals surface area contributed by atoms with E-state index in [9.17, 15) is 13.2 Å². The van der Waals surface area contributed by atoms with Gasteiger partial charge in [-0.25, -0.2) is 0 Å². The number of rotatable bonds is 18. The number of aryl methyl sites for hydroxylation is 1. The SMILES string of the molecule is C#CC1=NO[C@H]([C@@H](CCC(C)(C)[Si](O)(c2ccccc2)c2ccccc2)OC[C@H](COCCCC)OS(=O)(=O)c2ccc(C)cc2)C1. The largest absolute Gasteiger partial charge is 0.424 e. The lowest BCUT2D eigenvalue weighted by Crippen LogP contribution is -2.65. The quantitative estimate of drug-likeness (QED) is 0.0837. The predicted octanol–water partition coefficient (Wildman–Crippen LogP) is 5.36. The summed E-state index contributed by atoms with van der Waals surface area (Å²) in [6, 6.07) is 26.2. The molecule has 0 amide bonds. The van der Waals surface area contributed by atoms with E-state index in [1.165, 1.54) is 12.1 Å². The molecule has 10 heteroatoms. The van der Waals surface area contributed by atoms with Crippen LogP contribution in [0.3, 0.4) is 0 Å². The summed E-state index contributed by atoms with van der Waals surface area (Å²) in [5, 5.41) is 5.35. The molecule has 0 fully saturated rings. The molecule has 1 aliphatic heterocycles. The number of hydrogen-bond donors (Lipinski definition) is 1. The highest BCUT2D eigenvalue weighted by molar-refractivity contribution is 7.86. The monoisotopic (exact) mass is 677 g/mol. The van der Waals surface area contributed by atoms with Gasteiger partial charge >= 0.3 is 0 Å². The van der Waals surface area contributed by atoms with Crippen molar-refractivity contribution in [3.8, 4) is 12.3 Å². The Morgan fingerprint density at radius 3 is 2.19 bits per heavy atom. The second-order valence-electron chi connectivity index (χ2n) is 12.7. The molecule has 252 valence electrons. The minimum absolute atomic E-state index is 0.0373. The molecule has 8 nitrogen and oxygen atoms in total. The average Bonchev–Trinajstić information content (AvgIpc) is 3.56. The van der Waals surface area contributed by atoms with E-state index in [2.05, 4.69) is 31.8 Å². The van der Waals surface area contributed by atoms with Crippen LogP contribution in [-0.2, 0) is 28.6 Å². The zero-order valence-corrected chi connectivity index (χ0v) is 29.6. The summed E-state index contributed by atoms with van der Waals surface area (Å²) in [6.45, 7) is 8.59. The Balaban J connectivity index is 1.56. The first-order chi connectivity index (χ1) is 22.5. The number of nitrogens with zero attached hydrogens (tertiary/aromatic N) is 1. The van der Waals surface area contributed by atoms with Crippen molar-refractivity contribution in [1.29, 1.82) is 0 Å². The summed E-state index contributed by atoms with van der Waals surface area (Å²) in [4.78, 5) is 18.5. The molecular formula is C37H47NO7SSi. The molecule has 0 aromatic heterocycles. The molecule has 47 heavy (non-hydrogen) atoms. The van der Waals surface area contributed by atoms with Crippen LogP contribution < -0.4 is 10.4 Å². The maximum absolute atomic E-state index is 13.2. The van der Waals surface area contributed by atoms with E-state index >= 15 is 0 Å². The Morgan fingerprint density at radius 1 is 1.02 bits per heavy atom.